The molecular formula is C10H20N2O2. The quantitative estimate of drug-likeness (QED) is 0.601. The van der Waals surface area contributed by atoms with Crippen LogP contribution in [-0.4, -0.2) is 29.8 Å². The third-order valence-electron chi connectivity index (χ3n) is 2.73. The van der Waals surface area contributed by atoms with Gasteiger partial charge in [0.2, 0.25) is 0 Å². The maximum absolute atomic E-state index is 10.2. The van der Waals surface area contributed by atoms with Crippen LogP contribution in [0.25, 0.3) is 0 Å². The zero-order valence-corrected chi connectivity index (χ0v) is 8.97. The van der Waals surface area contributed by atoms with Crippen LogP contribution in [0.1, 0.15) is 33.1 Å². The van der Waals surface area contributed by atoms with E-state index >= 15 is 0 Å². The van der Waals surface area contributed by atoms with Gasteiger partial charge < -0.3 is 15.7 Å². The van der Waals surface area contributed by atoms with Gasteiger partial charge in [0, 0.05) is 12.1 Å². The van der Waals surface area contributed by atoms with Gasteiger partial charge in [0.15, 0.2) is 0 Å². The zero-order chi connectivity index (χ0) is 10.6. The molecule has 0 radical (unpaired) electrons. The van der Waals surface area contributed by atoms with Crippen LogP contribution in [-0.2, 0) is 0 Å². The summed E-state index contributed by atoms with van der Waals surface area (Å²) in [5, 5.41) is 14.2. The molecule has 1 atom stereocenters. The van der Waals surface area contributed by atoms with Crippen molar-refractivity contribution in [3.63, 3.8) is 0 Å². The van der Waals surface area contributed by atoms with Crippen molar-refractivity contribution in [2.75, 3.05) is 13.1 Å². The van der Waals surface area contributed by atoms with Gasteiger partial charge in [0.25, 0.3) is 0 Å². The summed E-state index contributed by atoms with van der Waals surface area (Å²) in [6.07, 6.45) is 2.32. The second-order valence-electron chi connectivity index (χ2n) is 4.71. The number of hydrogen-bond acceptors (Lipinski definition) is 2. The Morgan fingerprint density at radius 2 is 2.36 bits per heavy atom. The Morgan fingerprint density at radius 1 is 1.64 bits per heavy atom. The normalized spacial score (nSPS) is 24.9. The predicted molar refractivity (Wildman–Crippen MR) is 55.5 cm³/mol. The van der Waals surface area contributed by atoms with Gasteiger partial charge in [-0.1, -0.05) is 0 Å². The van der Waals surface area contributed by atoms with E-state index in [1.54, 1.807) is 0 Å². The summed E-state index contributed by atoms with van der Waals surface area (Å²) >= 11 is 0. The predicted octanol–water partition coefficient (Wildman–Crippen LogP) is 1.42. The fourth-order valence-corrected chi connectivity index (χ4v) is 2.08. The number of nitrogens with one attached hydrogen (secondary N) is 2. The van der Waals surface area contributed by atoms with Crippen molar-refractivity contribution in [3.8, 4) is 0 Å². The van der Waals surface area contributed by atoms with Gasteiger partial charge >= 0.3 is 6.09 Å². The van der Waals surface area contributed by atoms with E-state index in [-0.39, 0.29) is 5.54 Å². The molecule has 1 amide bonds. The molecule has 1 heterocycles. The summed E-state index contributed by atoms with van der Waals surface area (Å²) in [7, 11) is 0. The van der Waals surface area contributed by atoms with Crippen LogP contribution in [0.4, 0.5) is 4.79 Å². The maximum atomic E-state index is 10.2. The minimum absolute atomic E-state index is 0.269. The summed E-state index contributed by atoms with van der Waals surface area (Å²) in [6, 6.07) is 0. The fraction of sp³-hybridized carbons (Fsp3) is 0.900. The molecule has 1 saturated heterocycles. The van der Waals surface area contributed by atoms with Gasteiger partial charge in [0.1, 0.15) is 0 Å². The minimum atomic E-state index is -0.921. The lowest BCUT2D eigenvalue weighted by Crippen LogP contribution is -2.31. The molecule has 0 aromatic carbocycles. The van der Waals surface area contributed by atoms with Crippen molar-refractivity contribution in [2.24, 2.45) is 5.92 Å². The topological polar surface area (TPSA) is 61.4 Å². The molecule has 14 heavy (non-hydrogen) atoms. The second kappa shape index (κ2) is 4.64. The van der Waals surface area contributed by atoms with Gasteiger partial charge in [-0.3, -0.25) is 0 Å². The lowest BCUT2D eigenvalue weighted by molar-refractivity contribution is 0.194. The molecule has 0 aliphatic carbocycles. The van der Waals surface area contributed by atoms with Crippen LogP contribution in [0.15, 0.2) is 0 Å². The first kappa shape index (κ1) is 11.3. The number of carbonyl (C=O) groups is 1. The Bertz CT molecular complexity index is 204. The van der Waals surface area contributed by atoms with Crippen LogP contribution < -0.4 is 10.6 Å². The van der Waals surface area contributed by atoms with E-state index in [0.29, 0.717) is 12.5 Å². The molecule has 82 valence electrons. The first-order chi connectivity index (χ1) is 6.49. The van der Waals surface area contributed by atoms with Crippen LogP contribution >= 0.6 is 0 Å². The van der Waals surface area contributed by atoms with E-state index in [4.69, 9.17) is 5.11 Å². The molecule has 3 N–H and O–H groups in total. The van der Waals surface area contributed by atoms with Gasteiger partial charge in [0.05, 0.1) is 0 Å². The van der Waals surface area contributed by atoms with Gasteiger partial charge in [-0.25, -0.2) is 4.79 Å². The summed E-state index contributed by atoms with van der Waals surface area (Å²) in [5.74, 6) is 0.709. The van der Waals surface area contributed by atoms with Crippen molar-refractivity contribution in [1.82, 2.24) is 10.6 Å². The Balaban J connectivity index is 2.06. The van der Waals surface area contributed by atoms with E-state index in [0.717, 1.165) is 19.4 Å². The highest BCUT2D eigenvalue weighted by Gasteiger charge is 2.29. The molecule has 0 spiro atoms. The van der Waals surface area contributed by atoms with E-state index in [2.05, 4.69) is 24.5 Å². The number of hydrogen-bond donors (Lipinski definition) is 3. The average molecular weight is 200 g/mol. The molecule has 4 heteroatoms. The Hall–Kier alpha value is -0.770. The van der Waals surface area contributed by atoms with Crippen molar-refractivity contribution >= 4 is 6.09 Å². The monoisotopic (exact) mass is 200 g/mol. The zero-order valence-electron chi connectivity index (χ0n) is 8.97. The summed E-state index contributed by atoms with van der Waals surface area (Å²) in [5.41, 5.74) is 0.269. The largest absolute Gasteiger partial charge is 0.465 e. The van der Waals surface area contributed by atoms with Crippen molar-refractivity contribution < 1.29 is 9.90 Å². The second-order valence-corrected chi connectivity index (χ2v) is 4.71. The highest BCUT2D eigenvalue weighted by Crippen LogP contribution is 2.26. The molecule has 0 bridgehead atoms. The maximum Gasteiger partial charge on any atom is 0.404 e. The third-order valence-corrected chi connectivity index (χ3v) is 2.73. The van der Waals surface area contributed by atoms with Crippen molar-refractivity contribution in [3.05, 3.63) is 0 Å². The van der Waals surface area contributed by atoms with Crippen LogP contribution in [0.5, 0.6) is 0 Å². The van der Waals surface area contributed by atoms with Crippen molar-refractivity contribution in [2.45, 2.75) is 38.6 Å². The van der Waals surface area contributed by atoms with E-state index < -0.39 is 6.09 Å². The Labute approximate surface area is 85.1 Å². The van der Waals surface area contributed by atoms with Crippen molar-refractivity contribution in [1.29, 1.82) is 0 Å². The Morgan fingerprint density at radius 3 is 2.86 bits per heavy atom. The lowest BCUT2D eigenvalue weighted by Gasteiger charge is -2.17. The van der Waals surface area contributed by atoms with Crippen LogP contribution in [0, 0.1) is 5.92 Å². The SMILES string of the molecule is CC1(C)CC(CCCNC(=O)O)CN1. The first-order valence-electron chi connectivity index (χ1n) is 5.21. The van der Waals surface area contributed by atoms with E-state index in [1.807, 2.05) is 0 Å². The molecule has 0 aromatic rings. The molecule has 1 aliphatic heterocycles. The highest BCUT2D eigenvalue weighted by molar-refractivity contribution is 5.64. The first-order valence-corrected chi connectivity index (χ1v) is 5.21. The summed E-state index contributed by atoms with van der Waals surface area (Å²) in [4.78, 5) is 10.2. The van der Waals surface area contributed by atoms with Gasteiger partial charge in [-0.05, 0) is 45.6 Å². The lowest BCUT2D eigenvalue weighted by atomic mass is 9.94. The van der Waals surface area contributed by atoms with Crippen LogP contribution in [0.2, 0.25) is 0 Å². The molecule has 4 nitrogen and oxygen atoms in total. The highest BCUT2D eigenvalue weighted by atomic mass is 16.4. The summed E-state index contributed by atoms with van der Waals surface area (Å²) < 4.78 is 0. The summed E-state index contributed by atoms with van der Waals surface area (Å²) in [6.45, 7) is 6.07. The molecule has 1 rings (SSSR count). The average Bonchev–Trinajstić information content (AvgIpc) is 2.39. The molecule has 1 fully saturated rings. The molecular weight excluding hydrogens is 180 g/mol. The standard InChI is InChI=1S/C10H20N2O2/c1-10(2)6-8(7-12-10)4-3-5-11-9(13)14/h8,11-12H,3-7H2,1-2H3,(H,13,14). The molecule has 0 aromatic heterocycles. The van der Waals surface area contributed by atoms with Crippen LogP contribution in [0.3, 0.4) is 0 Å². The fourth-order valence-electron chi connectivity index (χ4n) is 2.08. The number of rotatable bonds is 4. The third kappa shape index (κ3) is 3.96. The molecule has 1 unspecified atom stereocenters. The van der Waals surface area contributed by atoms with Gasteiger partial charge in [-0.2, -0.15) is 0 Å². The number of carboxylic acid groups (broad SMARTS) is 1. The molecule has 1 aliphatic rings. The van der Waals surface area contributed by atoms with E-state index in [1.165, 1.54) is 6.42 Å². The smallest absolute Gasteiger partial charge is 0.404 e. The Kier molecular flexibility index (Phi) is 3.75. The van der Waals surface area contributed by atoms with Gasteiger partial charge in [-0.15, -0.1) is 0 Å². The van der Waals surface area contributed by atoms with E-state index in [9.17, 15) is 4.79 Å². The minimum Gasteiger partial charge on any atom is -0.465 e. The molecule has 0 saturated carbocycles. The number of amides is 1.